The van der Waals surface area contributed by atoms with Crippen molar-refractivity contribution in [2.75, 3.05) is 18.4 Å². The van der Waals surface area contributed by atoms with Gasteiger partial charge in [-0.2, -0.15) is 5.10 Å². The van der Waals surface area contributed by atoms with Crippen molar-refractivity contribution in [3.8, 4) is 5.69 Å². The number of carbonyl (C=O) groups is 1. The predicted octanol–water partition coefficient (Wildman–Crippen LogP) is 2.50. The van der Waals surface area contributed by atoms with E-state index in [4.69, 9.17) is 0 Å². The molecule has 0 radical (unpaired) electrons. The monoisotopic (exact) mass is 535 g/mol. The van der Waals surface area contributed by atoms with Crippen LogP contribution in [-0.4, -0.2) is 65.0 Å². The molecule has 1 saturated carbocycles. The Hall–Kier alpha value is -4.19. The Morgan fingerprint density at radius 3 is 2.44 bits per heavy atom. The minimum absolute atomic E-state index is 0.0542. The van der Waals surface area contributed by atoms with E-state index >= 15 is 0 Å². The Balaban J connectivity index is 1.05. The number of hydrogen-bond acceptors (Lipinski definition) is 7. The van der Waals surface area contributed by atoms with Gasteiger partial charge in [0, 0.05) is 25.0 Å². The number of pyridine rings is 1. The summed E-state index contributed by atoms with van der Waals surface area (Å²) in [6, 6.07) is 8.75. The number of halogens is 2. The number of rotatable bonds is 6. The molecule has 2 fully saturated rings. The molecule has 1 saturated heterocycles. The molecule has 4 aromatic rings. The molecule has 3 aromatic heterocycles. The summed E-state index contributed by atoms with van der Waals surface area (Å²) in [7, 11) is 0. The van der Waals surface area contributed by atoms with Crippen molar-refractivity contribution in [1.82, 2.24) is 29.2 Å². The zero-order chi connectivity index (χ0) is 27.1. The standard InChI is InChI=1S/C27H27F2N7O3/c28-18-1-4-21(5-2-18)36-24-22(14-32-36)26(38)35(16-31-24)15-27(39)7-9-34(10-8-27)25(37)17-11-20(12-17)33-23-6-3-19(29)13-30-23/h1-6,13-14,16-17,20,39H,7-12,15H2,(H,30,33). The summed E-state index contributed by atoms with van der Waals surface area (Å²) in [4.78, 5) is 36.3. The van der Waals surface area contributed by atoms with E-state index in [0.29, 0.717) is 61.3 Å². The first-order valence-corrected chi connectivity index (χ1v) is 12.9. The summed E-state index contributed by atoms with van der Waals surface area (Å²) >= 11 is 0. The summed E-state index contributed by atoms with van der Waals surface area (Å²) in [5, 5.41) is 19.0. The molecule has 1 aliphatic carbocycles. The third-order valence-electron chi connectivity index (χ3n) is 7.66. The lowest BCUT2D eigenvalue weighted by atomic mass is 9.78. The maximum Gasteiger partial charge on any atom is 0.264 e. The zero-order valence-electron chi connectivity index (χ0n) is 21.0. The van der Waals surface area contributed by atoms with Gasteiger partial charge in [-0.1, -0.05) is 0 Å². The van der Waals surface area contributed by atoms with Crippen molar-refractivity contribution in [1.29, 1.82) is 0 Å². The first-order chi connectivity index (χ1) is 18.8. The molecule has 12 heteroatoms. The van der Waals surface area contributed by atoms with Crippen molar-refractivity contribution in [3.63, 3.8) is 0 Å². The highest BCUT2D eigenvalue weighted by atomic mass is 19.1. The Labute approximate surface area is 221 Å². The van der Waals surface area contributed by atoms with Crippen LogP contribution in [0.15, 0.2) is 59.9 Å². The fourth-order valence-corrected chi connectivity index (χ4v) is 5.32. The predicted molar refractivity (Wildman–Crippen MR) is 138 cm³/mol. The maximum atomic E-state index is 13.3. The topological polar surface area (TPSA) is 118 Å². The molecule has 202 valence electrons. The summed E-state index contributed by atoms with van der Waals surface area (Å²) in [6.45, 7) is 0.853. The highest BCUT2D eigenvalue weighted by Crippen LogP contribution is 2.33. The Morgan fingerprint density at radius 2 is 1.74 bits per heavy atom. The van der Waals surface area contributed by atoms with Crippen molar-refractivity contribution in [2.45, 2.75) is 43.9 Å². The van der Waals surface area contributed by atoms with Gasteiger partial charge in [0.25, 0.3) is 5.56 Å². The van der Waals surface area contributed by atoms with E-state index in [1.165, 1.54) is 40.0 Å². The van der Waals surface area contributed by atoms with E-state index in [1.54, 1.807) is 23.1 Å². The molecule has 0 bridgehead atoms. The number of carbonyl (C=O) groups excluding carboxylic acids is 1. The van der Waals surface area contributed by atoms with Crippen LogP contribution in [0.5, 0.6) is 0 Å². The van der Waals surface area contributed by atoms with Crippen LogP contribution in [0.25, 0.3) is 16.7 Å². The van der Waals surface area contributed by atoms with Crippen LogP contribution in [0.4, 0.5) is 14.6 Å². The van der Waals surface area contributed by atoms with Crippen LogP contribution in [0, 0.1) is 17.6 Å². The molecule has 6 rings (SSSR count). The van der Waals surface area contributed by atoms with Gasteiger partial charge in [-0.3, -0.25) is 14.2 Å². The summed E-state index contributed by atoms with van der Waals surface area (Å²) in [6.07, 6.45) is 5.98. The molecule has 2 aliphatic rings. The Morgan fingerprint density at radius 1 is 1.03 bits per heavy atom. The van der Waals surface area contributed by atoms with E-state index in [1.807, 2.05) is 0 Å². The summed E-state index contributed by atoms with van der Waals surface area (Å²) in [5.74, 6) is -0.218. The van der Waals surface area contributed by atoms with Gasteiger partial charge in [-0.25, -0.2) is 23.4 Å². The Kier molecular flexibility index (Phi) is 6.34. The number of amides is 1. The average molecular weight is 536 g/mol. The third kappa shape index (κ3) is 4.99. The van der Waals surface area contributed by atoms with Gasteiger partial charge in [0.05, 0.1) is 30.2 Å². The number of nitrogens with zero attached hydrogens (tertiary/aromatic N) is 6. The van der Waals surface area contributed by atoms with Gasteiger partial charge in [0.15, 0.2) is 5.65 Å². The van der Waals surface area contributed by atoms with Crippen LogP contribution in [-0.2, 0) is 11.3 Å². The summed E-state index contributed by atoms with van der Waals surface area (Å²) < 4.78 is 29.2. The van der Waals surface area contributed by atoms with Crippen LogP contribution in [0.3, 0.4) is 0 Å². The molecular weight excluding hydrogens is 508 g/mol. The number of piperidine rings is 1. The number of fused-ring (bicyclic) bond motifs is 1. The molecule has 1 aliphatic heterocycles. The van der Waals surface area contributed by atoms with Gasteiger partial charge in [0.1, 0.15) is 29.2 Å². The third-order valence-corrected chi connectivity index (χ3v) is 7.66. The van der Waals surface area contributed by atoms with E-state index < -0.39 is 11.4 Å². The molecule has 0 atom stereocenters. The first kappa shape index (κ1) is 25.1. The summed E-state index contributed by atoms with van der Waals surface area (Å²) in [5.41, 5.74) is -0.559. The number of aliphatic hydroxyl groups is 1. The SMILES string of the molecule is O=C(C1CC(Nc2ccc(F)cn2)C1)N1CCC(O)(Cn2cnc3c(cnn3-c3ccc(F)cc3)c2=O)CC1. The second-order valence-corrected chi connectivity index (χ2v) is 10.4. The maximum absolute atomic E-state index is 13.3. The fraction of sp³-hybridized carbons (Fsp3) is 0.370. The number of nitrogens with one attached hydrogen (secondary N) is 1. The van der Waals surface area contributed by atoms with Crippen LogP contribution >= 0.6 is 0 Å². The number of likely N-dealkylation sites (tertiary alicyclic amines) is 1. The van der Waals surface area contributed by atoms with Crippen LogP contribution < -0.4 is 10.9 Å². The molecule has 1 amide bonds. The average Bonchev–Trinajstić information content (AvgIpc) is 3.34. The van der Waals surface area contributed by atoms with Gasteiger partial charge >= 0.3 is 0 Å². The molecule has 10 nitrogen and oxygen atoms in total. The molecule has 2 N–H and O–H groups in total. The van der Waals surface area contributed by atoms with Gasteiger partial charge in [-0.05, 0) is 62.1 Å². The molecule has 0 unspecified atom stereocenters. The normalized spacial score (nSPS) is 20.5. The van der Waals surface area contributed by atoms with Crippen LogP contribution in [0.1, 0.15) is 25.7 Å². The Bertz CT molecular complexity index is 1560. The van der Waals surface area contributed by atoms with Gasteiger partial charge in [0.2, 0.25) is 5.91 Å². The molecular formula is C27H27F2N7O3. The van der Waals surface area contributed by atoms with Crippen molar-refractivity contribution < 1.29 is 18.7 Å². The fourth-order valence-electron chi connectivity index (χ4n) is 5.32. The van der Waals surface area contributed by atoms with Crippen molar-refractivity contribution in [3.05, 3.63) is 77.1 Å². The second-order valence-electron chi connectivity index (χ2n) is 10.4. The largest absolute Gasteiger partial charge is 0.388 e. The van der Waals surface area contributed by atoms with Crippen molar-refractivity contribution in [2.24, 2.45) is 5.92 Å². The quantitative estimate of drug-likeness (QED) is 0.390. The van der Waals surface area contributed by atoms with Crippen molar-refractivity contribution >= 4 is 22.8 Å². The first-order valence-electron chi connectivity index (χ1n) is 12.9. The number of anilines is 1. The zero-order valence-corrected chi connectivity index (χ0v) is 21.0. The molecule has 1 aromatic carbocycles. The highest BCUT2D eigenvalue weighted by molar-refractivity contribution is 5.80. The van der Waals surface area contributed by atoms with Gasteiger partial charge < -0.3 is 15.3 Å². The smallest absolute Gasteiger partial charge is 0.264 e. The lowest BCUT2D eigenvalue weighted by Gasteiger charge is -2.42. The highest BCUT2D eigenvalue weighted by Gasteiger charge is 2.40. The van der Waals surface area contributed by atoms with E-state index in [0.717, 1.165) is 6.20 Å². The van der Waals surface area contributed by atoms with Gasteiger partial charge in [-0.15, -0.1) is 0 Å². The number of benzene rings is 1. The molecule has 39 heavy (non-hydrogen) atoms. The molecule has 4 heterocycles. The lowest BCUT2D eigenvalue weighted by molar-refractivity contribution is -0.143. The van der Waals surface area contributed by atoms with Crippen LogP contribution in [0.2, 0.25) is 0 Å². The van der Waals surface area contributed by atoms with E-state index in [-0.39, 0.29) is 35.8 Å². The minimum Gasteiger partial charge on any atom is -0.388 e. The van der Waals surface area contributed by atoms with E-state index in [2.05, 4.69) is 20.4 Å². The minimum atomic E-state index is -1.15. The number of hydrogen-bond donors (Lipinski definition) is 2. The number of aromatic nitrogens is 5. The van der Waals surface area contributed by atoms with E-state index in [9.17, 15) is 23.5 Å². The lowest BCUT2D eigenvalue weighted by Crippen LogP contribution is -2.53. The second kappa shape index (κ2) is 9.84. The molecule has 0 spiro atoms.